The Kier molecular flexibility index (Phi) is 10.1. The van der Waals surface area contributed by atoms with Crippen molar-refractivity contribution < 1.29 is 14.6 Å². The highest BCUT2D eigenvalue weighted by Gasteiger charge is 2.54. The Bertz CT molecular complexity index is 1350. The number of anilines is 2. The van der Waals surface area contributed by atoms with E-state index in [1.54, 1.807) is 13.3 Å². The van der Waals surface area contributed by atoms with E-state index in [1.165, 1.54) is 57.8 Å². The lowest BCUT2D eigenvalue weighted by Crippen LogP contribution is -2.53. The van der Waals surface area contributed by atoms with Gasteiger partial charge in [0.1, 0.15) is 23.2 Å². The van der Waals surface area contributed by atoms with Crippen LogP contribution in [0.4, 0.5) is 11.8 Å². The van der Waals surface area contributed by atoms with Crippen LogP contribution in [0.2, 0.25) is 0 Å². The Labute approximate surface area is 275 Å². The molecule has 0 amide bonds. The molecule has 5 aliphatic carbocycles. The lowest BCUT2D eigenvalue weighted by molar-refractivity contribution is -0.186. The average Bonchev–Trinajstić information content (AvgIpc) is 3.02. The van der Waals surface area contributed by atoms with E-state index in [0.717, 1.165) is 60.3 Å². The minimum Gasteiger partial charge on any atom is -0.496 e. The van der Waals surface area contributed by atoms with Gasteiger partial charge in [0, 0.05) is 24.7 Å². The summed E-state index contributed by atoms with van der Waals surface area (Å²) in [5.74, 6) is 6.14. The van der Waals surface area contributed by atoms with Gasteiger partial charge in [0.25, 0.3) is 0 Å². The molecule has 0 spiro atoms. The molecule has 9 nitrogen and oxygen atoms in total. The van der Waals surface area contributed by atoms with Crippen LogP contribution in [0.1, 0.15) is 103 Å². The number of benzene rings is 1. The van der Waals surface area contributed by atoms with E-state index in [4.69, 9.17) is 14.5 Å². The van der Waals surface area contributed by atoms with Crippen molar-refractivity contribution in [2.24, 2.45) is 35.0 Å². The maximum absolute atomic E-state index is 10.3. The summed E-state index contributed by atoms with van der Waals surface area (Å²) < 4.78 is 11.1. The van der Waals surface area contributed by atoms with Gasteiger partial charge >= 0.3 is 0 Å². The molecule has 7 rings (SSSR count). The van der Waals surface area contributed by atoms with Crippen LogP contribution in [-0.4, -0.2) is 46.8 Å². The quantitative estimate of drug-likeness (QED) is 0.176. The molecule has 6 atom stereocenters. The summed E-state index contributed by atoms with van der Waals surface area (Å²) in [4.78, 5) is 9.15. The Morgan fingerprint density at radius 3 is 2.48 bits per heavy atom. The van der Waals surface area contributed by atoms with Crippen LogP contribution in [0.3, 0.4) is 0 Å². The van der Waals surface area contributed by atoms with Crippen molar-refractivity contribution in [3.05, 3.63) is 41.6 Å². The lowest BCUT2D eigenvalue weighted by Gasteiger charge is -2.60. The van der Waals surface area contributed by atoms with Gasteiger partial charge in [-0.2, -0.15) is 10.2 Å². The maximum Gasteiger partial charge on any atom is 0.224 e. The van der Waals surface area contributed by atoms with Crippen LogP contribution in [0.15, 0.2) is 30.5 Å². The Hall–Kier alpha value is -2.93. The van der Waals surface area contributed by atoms with Crippen molar-refractivity contribution in [1.82, 2.24) is 15.3 Å². The van der Waals surface area contributed by atoms with Gasteiger partial charge in [0.15, 0.2) is 0 Å². The number of nitriles is 1. The first-order valence-electron chi connectivity index (χ1n) is 17.6. The molecule has 0 saturated heterocycles. The summed E-state index contributed by atoms with van der Waals surface area (Å²) in [6.45, 7) is 7.33. The highest BCUT2D eigenvalue weighted by molar-refractivity contribution is 5.53. The van der Waals surface area contributed by atoms with Gasteiger partial charge in [0.05, 0.1) is 18.9 Å². The molecule has 5 aliphatic rings. The van der Waals surface area contributed by atoms with E-state index in [2.05, 4.69) is 27.0 Å². The van der Waals surface area contributed by atoms with Crippen molar-refractivity contribution in [2.75, 3.05) is 24.3 Å². The van der Waals surface area contributed by atoms with E-state index >= 15 is 0 Å². The normalized spacial score (nSPS) is 30.9. The smallest absolute Gasteiger partial charge is 0.224 e. The minimum atomic E-state index is -0.889. The van der Waals surface area contributed by atoms with Gasteiger partial charge in [-0.1, -0.05) is 24.6 Å². The maximum atomic E-state index is 10.3. The third-order valence-electron chi connectivity index (χ3n) is 11.4. The molecule has 1 heterocycles. The minimum absolute atomic E-state index is 0.301. The van der Waals surface area contributed by atoms with Crippen LogP contribution in [0.25, 0.3) is 0 Å². The van der Waals surface area contributed by atoms with Gasteiger partial charge in [-0.05, 0) is 126 Å². The van der Waals surface area contributed by atoms with E-state index in [9.17, 15) is 10.4 Å². The second-order valence-electron chi connectivity index (χ2n) is 15.8. The molecular formula is C37H54N6O3. The molecule has 9 heteroatoms. The highest BCUT2D eigenvalue weighted by atomic mass is 16.6. The largest absolute Gasteiger partial charge is 0.496 e. The molecule has 4 N–H and O–H groups in total. The summed E-state index contributed by atoms with van der Waals surface area (Å²) in [5, 5.41) is 30.3. The van der Waals surface area contributed by atoms with Gasteiger partial charge in [-0.15, -0.1) is 0 Å². The summed E-state index contributed by atoms with van der Waals surface area (Å²) in [5.41, 5.74) is 1.47. The predicted molar refractivity (Wildman–Crippen MR) is 180 cm³/mol. The molecule has 4 bridgehead atoms. The number of ether oxygens (including phenoxy) is 2. The molecule has 4 unspecified atom stereocenters. The Balaban J connectivity index is 1.000. The molecule has 250 valence electrons. The standard InChI is InChI=1S/C37H54N6O3/c1-36(2,3)46-35(44)42-30-12-9-24(10-13-30)11-14-31-27-15-25-16-28(31)19-37(17-25,18-27)23-41-33-29(20-38)22-40-34(43-33)39-21-26-7-5-6-8-32(26)45-4/h5-8,22,24-25,27-28,30-31,35,42,44H,9-19,21,23H2,1-4H3,(H2,39,40,41,43)/t24?,25?,27-,28?,30?,31?,35-,37?/m0/s1. The van der Waals surface area contributed by atoms with Crippen molar-refractivity contribution in [3.63, 3.8) is 0 Å². The van der Waals surface area contributed by atoms with Gasteiger partial charge in [-0.25, -0.2) is 4.98 Å². The van der Waals surface area contributed by atoms with E-state index in [0.29, 0.717) is 35.3 Å². The molecule has 0 radical (unpaired) electrons. The highest BCUT2D eigenvalue weighted by Crippen LogP contribution is 2.63. The molecular weight excluding hydrogens is 576 g/mol. The topological polar surface area (TPSA) is 124 Å². The van der Waals surface area contributed by atoms with Crippen LogP contribution in [0, 0.1) is 46.3 Å². The monoisotopic (exact) mass is 630 g/mol. The molecule has 0 aliphatic heterocycles. The molecule has 5 fully saturated rings. The predicted octanol–water partition coefficient (Wildman–Crippen LogP) is 6.84. The van der Waals surface area contributed by atoms with Crippen molar-refractivity contribution in [3.8, 4) is 11.8 Å². The second-order valence-corrected chi connectivity index (χ2v) is 15.8. The van der Waals surface area contributed by atoms with Gasteiger partial charge in [-0.3, -0.25) is 5.32 Å². The van der Waals surface area contributed by atoms with Crippen molar-refractivity contribution in [2.45, 2.75) is 116 Å². The number of para-hydroxylation sites is 1. The number of aliphatic hydroxyl groups is 1. The average molecular weight is 631 g/mol. The molecule has 1 aromatic carbocycles. The third kappa shape index (κ3) is 7.95. The number of methoxy groups -OCH3 is 1. The fraction of sp³-hybridized carbons (Fsp3) is 0.703. The first-order chi connectivity index (χ1) is 22.1. The van der Waals surface area contributed by atoms with Gasteiger partial charge in [0.2, 0.25) is 12.4 Å². The van der Waals surface area contributed by atoms with Gasteiger partial charge < -0.3 is 25.2 Å². The Morgan fingerprint density at radius 2 is 1.78 bits per heavy atom. The zero-order valence-electron chi connectivity index (χ0n) is 28.2. The van der Waals surface area contributed by atoms with E-state index in [-0.39, 0.29) is 5.60 Å². The number of rotatable bonds is 13. The zero-order chi connectivity index (χ0) is 32.3. The second kappa shape index (κ2) is 14.0. The lowest BCUT2D eigenvalue weighted by atomic mass is 9.45. The third-order valence-corrected chi connectivity index (χ3v) is 11.4. The van der Waals surface area contributed by atoms with Crippen LogP contribution >= 0.6 is 0 Å². The molecule has 5 saturated carbocycles. The van der Waals surface area contributed by atoms with Crippen LogP contribution in [-0.2, 0) is 11.3 Å². The number of nitrogens with one attached hydrogen (secondary N) is 3. The first kappa shape index (κ1) is 33.0. The number of aromatic nitrogens is 2. The zero-order valence-corrected chi connectivity index (χ0v) is 28.2. The SMILES string of the molecule is COc1ccccc1CNc1ncc(C#N)c(NCC23CC4CC(C2)C(CCC2CCC(N[C@@H](O)OC(C)(C)C)CC2)[C@@H](C4)C3)n1. The van der Waals surface area contributed by atoms with Crippen LogP contribution in [0.5, 0.6) is 5.75 Å². The van der Waals surface area contributed by atoms with E-state index in [1.807, 2.05) is 45.0 Å². The molecule has 2 aromatic rings. The van der Waals surface area contributed by atoms with Crippen molar-refractivity contribution in [1.29, 1.82) is 5.26 Å². The summed E-state index contributed by atoms with van der Waals surface area (Å²) in [6.07, 6.45) is 14.9. The fourth-order valence-electron chi connectivity index (χ4n) is 9.58. The van der Waals surface area contributed by atoms with Crippen LogP contribution < -0.4 is 20.7 Å². The summed E-state index contributed by atoms with van der Waals surface area (Å²) in [7, 11) is 1.68. The number of hydrogen-bond acceptors (Lipinski definition) is 9. The number of aliphatic hydroxyl groups excluding tert-OH is 1. The first-order valence-corrected chi connectivity index (χ1v) is 17.6. The van der Waals surface area contributed by atoms with Crippen molar-refractivity contribution >= 4 is 11.8 Å². The number of nitrogens with zero attached hydrogens (tertiary/aromatic N) is 3. The number of hydrogen-bond donors (Lipinski definition) is 4. The fourth-order valence-corrected chi connectivity index (χ4v) is 9.58. The Morgan fingerprint density at radius 1 is 1.04 bits per heavy atom. The molecule has 1 aromatic heterocycles. The summed E-state index contributed by atoms with van der Waals surface area (Å²) >= 11 is 0. The molecule has 46 heavy (non-hydrogen) atoms. The van der Waals surface area contributed by atoms with E-state index < -0.39 is 6.41 Å². The summed E-state index contributed by atoms with van der Waals surface area (Å²) in [6, 6.07) is 10.6.